The summed E-state index contributed by atoms with van der Waals surface area (Å²) in [6, 6.07) is 0.629. The highest BCUT2D eigenvalue weighted by atomic mass is 127. The predicted molar refractivity (Wildman–Crippen MR) is 109 cm³/mol. The minimum atomic E-state index is 0. The number of aromatic nitrogens is 1. The van der Waals surface area contributed by atoms with Gasteiger partial charge in [0.1, 0.15) is 5.01 Å². The molecular weight excluding hydrogens is 437 g/mol. The number of thiazole rings is 1. The number of morpholine rings is 1. The Hall–Kier alpha value is -0.450. The molecule has 3 rings (SSSR count). The van der Waals surface area contributed by atoms with Crippen LogP contribution in [0.5, 0.6) is 0 Å². The van der Waals surface area contributed by atoms with Crippen molar-refractivity contribution in [1.29, 1.82) is 0 Å². The van der Waals surface area contributed by atoms with Crippen LogP contribution < -0.4 is 5.32 Å². The summed E-state index contributed by atoms with van der Waals surface area (Å²) in [5.74, 6) is 0.994. The highest BCUT2D eigenvalue weighted by molar-refractivity contribution is 14.0. The van der Waals surface area contributed by atoms with Crippen molar-refractivity contribution >= 4 is 41.3 Å². The maximum Gasteiger partial charge on any atom is 0.194 e. The third kappa shape index (κ3) is 5.03. The molecular formula is C16H28IN5OS. The summed E-state index contributed by atoms with van der Waals surface area (Å²) in [5, 5.41) is 4.60. The van der Waals surface area contributed by atoms with Gasteiger partial charge in [-0.3, -0.25) is 9.89 Å². The Morgan fingerprint density at radius 2 is 2.21 bits per heavy atom. The summed E-state index contributed by atoms with van der Waals surface area (Å²) in [4.78, 5) is 15.2. The maximum atomic E-state index is 5.46. The van der Waals surface area contributed by atoms with E-state index in [0.717, 1.165) is 63.3 Å². The van der Waals surface area contributed by atoms with Crippen molar-refractivity contribution in [2.24, 2.45) is 4.99 Å². The Morgan fingerprint density at radius 1 is 1.42 bits per heavy atom. The molecule has 0 amide bonds. The molecule has 136 valence electrons. The number of likely N-dealkylation sites (tertiary alicyclic amines) is 1. The molecule has 1 N–H and O–H groups in total. The molecule has 0 aromatic carbocycles. The van der Waals surface area contributed by atoms with E-state index in [0.29, 0.717) is 6.04 Å². The van der Waals surface area contributed by atoms with E-state index in [1.165, 1.54) is 11.3 Å². The van der Waals surface area contributed by atoms with E-state index in [1.54, 1.807) is 11.3 Å². The molecule has 24 heavy (non-hydrogen) atoms. The van der Waals surface area contributed by atoms with Crippen LogP contribution in [0.4, 0.5) is 0 Å². The van der Waals surface area contributed by atoms with E-state index < -0.39 is 0 Å². The van der Waals surface area contributed by atoms with Crippen LogP contribution in [0.3, 0.4) is 0 Å². The minimum Gasteiger partial charge on any atom is -0.379 e. The molecule has 2 aliphatic rings. The van der Waals surface area contributed by atoms with Crippen LogP contribution in [-0.2, 0) is 17.7 Å². The van der Waals surface area contributed by atoms with Crippen molar-refractivity contribution in [3.05, 3.63) is 16.1 Å². The normalized spacial score (nSPS) is 22.5. The van der Waals surface area contributed by atoms with Crippen molar-refractivity contribution in [2.45, 2.75) is 32.4 Å². The standard InChI is InChI=1S/C16H27N5OS.HI/c1-3-14-10-18-15(23-14)11-19-16(17-2)21-5-4-13(12-21)20-6-8-22-9-7-20;/h10,13H,3-9,11-12H2,1-2H3,(H,17,19);1H. The summed E-state index contributed by atoms with van der Waals surface area (Å²) in [5.41, 5.74) is 0. The largest absolute Gasteiger partial charge is 0.379 e. The Bertz CT molecular complexity index is 532. The lowest BCUT2D eigenvalue weighted by Crippen LogP contribution is -2.46. The lowest BCUT2D eigenvalue weighted by atomic mass is 10.2. The van der Waals surface area contributed by atoms with Gasteiger partial charge in [0, 0.05) is 50.3 Å². The van der Waals surface area contributed by atoms with E-state index in [1.807, 2.05) is 13.2 Å². The first-order valence-corrected chi connectivity index (χ1v) is 9.32. The molecule has 1 atom stereocenters. The fourth-order valence-corrected chi connectivity index (χ4v) is 4.06. The van der Waals surface area contributed by atoms with Crippen molar-refractivity contribution in [2.75, 3.05) is 46.4 Å². The number of hydrogen-bond donors (Lipinski definition) is 1. The average Bonchev–Trinajstić information content (AvgIpc) is 3.26. The molecule has 0 bridgehead atoms. The fraction of sp³-hybridized carbons (Fsp3) is 0.750. The van der Waals surface area contributed by atoms with Crippen LogP contribution in [-0.4, -0.2) is 73.2 Å². The maximum absolute atomic E-state index is 5.46. The topological polar surface area (TPSA) is 53.0 Å². The Labute approximate surface area is 165 Å². The van der Waals surface area contributed by atoms with E-state index in [2.05, 4.69) is 32.0 Å². The second-order valence-corrected chi connectivity index (χ2v) is 7.21. The highest BCUT2D eigenvalue weighted by Gasteiger charge is 2.30. The predicted octanol–water partition coefficient (Wildman–Crippen LogP) is 1.81. The number of ether oxygens (including phenoxy) is 1. The first-order valence-electron chi connectivity index (χ1n) is 8.51. The summed E-state index contributed by atoms with van der Waals surface area (Å²) >= 11 is 1.78. The van der Waals surface area contributed by atoms with Gasteiger partial charge in [0.2, 0.25) is 0 Å². The Balaban J connectivity index is 0.00000208. The number of guanidine groups is 1. The summed E-state index contributed by atoms with van der Waals surface area (Å²) < 4.78 is 5.46. The molecule has 2 saturated heterocycles. The van der Waals surface area contributed by atoms with E-state index in [9.17, 15) is 0 Å². The second kappa shape index (κ2) is 9.88. The average molecular weight is 465 g/mol. The van der Waals surface area contributed by atoms with E-state index >= 15 is 0 Å². The molecule has 3 heterocycles. The number of nitrogens with zero attached hydrogens (tertiary/aromatic N) is 4. The van der Waals surface area contributed by atoms with Gasteiger partial charge in [-0.15, -0.1) is 35.3 Å². The lowest BCUT2D eigenvalue weighted by molar-refractivity contribution is 0.0195. The Kier molecular flexibility index (Phi) is 8.18. The number of nitrogens with one attached hydrogen (secondary N) is 1. The van der Waals surface area contributed by atoms with Crippen molar-refractivity contribution < 1.29 is 4.74 Å². The van der Waals surface area contributed by atoms with Crippen LogP contribution in [0, 0.1) is 0 Å². The molecule has 1 aromatic rings. The molecule has 0 spiro atoms. The highest BCUT2D eigenvalue weighted by Crippen LogP contribution is 2.17. The number of hydrogen-bond acceptors (Lipinski definition) is 5. The molecule has 1 unspecified atom stereocenters. The smallest absolute Gasteiger partial charge is 0.194 e. The zero-order valence-electron chi connectivity index (χ0n) is 14.5. The van der Waals surface area contributed by atoms with Gasteiger partial charge in [0.25, 0.3) is 0 Å². The lowest BCUT2D eigenvalue weighted by Gasteiger charge is -2.32. The van der Waals surface area contributed by atoms with Gasteiger partial charge in [-0.2, -0.15) is 0 Å². The van der Waals surface area contributed by atoms with Gasteiger partial charge >= 0.3 is 0 Å². The number of aryl methyl sites for hydroxylation is 1. The number of rotatable bonds is 4. The quantitative estimate of drug-likeness (QED) is 0.418. The van der Waals surface area contributed by atoms with Crippen molar-refractivity contribution in [3.63, 3.8) is 0 Å². The first kappa shape index (κ1) is 19.9. The Morgan fingerprint density at radius 3 is 2.88 bits per heavy atom. The number of halogens is 1. The molecule has 2 fully saturated rings. The second-order valence-electron chi connectivity index (χ2n) is 6.01. The first-order chi connectivity index (χ1) is 11.3. The van der Waals surface area contributed by atoms with Gasteiger partial charge in [-0.05, 0) is 12.8 Å². The molecule has 6 nitrogen and oxygen atoms in total. The zero-order chi connectivity index (χ0) is 16.1. The van der Waals surface area contributed by atoms with Gasteiger partial charge in [-0.1, -0.05) is 6.92 Å². The van der Waals surface area contributed by atoms with Crippen LogP contribution in [0.15, 0.2) is 11.2 Å². The fourth-order valence-electron chi connectivity index (χ4n) is 3.26. The van der Waals surface area contributed by atoms with E-state index in [4.69, 9.17) is 4.74 Å². The van der Waals surface area contributed by atoms with Gasteiger partial charge in [0.15, 0.2) is 5.96 Å². The molecule has 1 aromatic heterocycles. The third-order valence-corrected chi connectivity index (χ3v) is 5.73. The molecule has 0 radical (unpaired) electrons. The van der Waals surface area contributed by atoms with Crippen LogP contribution >= 0.6 is 35.3 Å². The summed E-state index contributed by atoms with van der Waals surface area (Å²) in [6.07, 6.45) is 4.24. The van der Waals surface area contributed by atoms with Crippen molar-refractivity contribution in [1.82, 2.24) is 20.1 Å². The summed E-state index contributed by atoms with van der Waals surface area (Å²) in [7, 11) is 1.86. The number of aliphatic imine (C=N–C) groups is 1. The third-order valence-electron chi connectivity index (χ3n) is 4.58. The van der Waals surface area contributed by atoms with Crippen LogP contribution in [0.25, 0.3) is 0 Å². The van der Waals surface area contributed by atoms with Gasteiger partial charge in [0.05, 0.1) is 19.8 Å². The molecule has 0 saturated carbocycles. The van der Waals surface area contributed by atoms with Gasteiger partial charge < -0.3 is 15.0 Å². The van der Waals surface area contributed by atoms with Gasteiger partial charge in [-0.25, -0.2) is 4.98 Å². The zero-order valence-corrected chi connectivity index (χ0v) is 17.7. The molecule has 2 aliphatic heterocycles. The molecule has 0 aliphatic carbocycles. The monoisotopic (exact) mass is 465 g/mol. The van der Waals surface area contributed by atoms with Crippen LogP contribution in [0.1, 0.15) is 23.2 Å². The SMILES string of the molecule is CCc1cnc(CNC(=NC)N2CCC(N3CCOCC3)C2)s1.I. The minimum absolute atomic E-state index is 0. The van der Waals surface area contributed by atoms with Crippen molar-refractivity contribution in [3.8, 4) is 0 Å². The van der Waals surface area contributed by atoms with E-state index in [-0.39, 0.29) is 24.0 Å². The summed E-state index contributed by atoms with van der Waals surface area (Å²) in [6.45, 7) is 8.90. The van der Waals surface area contributed by atoms with Crippen LogP contribution in [0.2, 0.25) is 0 Å². The molecule has 8 heteroatoms.